The Bertz CT molecular complexity index is 1420. The maximum atomic E-state index is 13.5. The van der Waals surface area contributed by atoms with Crippen LogP contribution in [0.1, 0.15) is 18.1 Å². The first-order valence-electron chi connectivity index (χ1n) is 11.8. The number of hydrogen-bond acceptors (Lipinski definition) is 9. The summed E-state index contributed by atoms with van der Waals surface area (Å²) in [6.45, 7) is 3.61. The maximum absolute atomic E-state index is 13.5. The van der Waals surface area contributed by atoms with Crippen molar-refractivity contribution in [2.45, 2.75) is 18.7 Å². The third kappa shape index (κ3) is 7.71. The lowest BCUT2D eigenvalue weighted by Crippen LogP contribution is -2.39. The van der Waals surface area contributed by atoms with Crippen molar-refractivity contribution in [3.05, 3.63) is 77.9 Å². The average molecular weight is 556 g/mol. The molecule has 0 aromatic heterocycles. The van der Waals surface area contributed by atoms with E-state index >= 15 is 0 Å². The van der Waals surface area contributed by atoms with E-state index in [1.54, 1.807) is 42.5 Å². The van der Waals surface area contributed by atoms with Gasteiger partial charge in [-0.2, -0.15) is 5.10 Å². The second-order valence-electron chi connectivity index (χ2n) is 8.01. The Morgan fingerprint density at radius 1 is 0.974 bits per heavy atom. The molecule has 39 heavy (non-hydrogen) atoms. The van der Waals surface area contributed by atoms with Crippen LogP contribution < -0.4 is 23.9 Å². The van der Waals surface area contributed by atoms with Crippen molar-refractivity contribution in [2.75, 3.05) is 31.7 Å². The molecule has 0 aliphatic heterocycles. The lowest BCUT2D eigenvalue weighted by molar-refractivity contribution is -0.119. The number of methoxy groups -OCH3 is 2. The molecule has 0 saturated carbocycles. The van der Waals surface area contributed by atoms with Crippen molar-refractivity contribution >= 4 is 34.0 Å². The first kappa shape index (κ1) is 29.0. The first-order valence-corrected chi connectivity index (χ1v) is 13.2. The SMILES string of the molecule is CCOc1ccc(N(CC(=O)N/N=C\c2ccc(OC(=O)OC)c(OC)c2)S(=O)(=O)c2ccc(C)cc2)cc1. The lowest BCUT2D eigenvalue weighted by atomic mass is 10.2. The minimum Gasteiger partial charge on any atom is -0.494 e. The van der Waals surface area contributed by atoms with Gasteiger partial charge in [0.15, 0.2) is 11.5 Å². The molecule has 0 unspecified atom stereocenters. The maximum Gasteiger partial charge on any atom is 0.513 e. The molecule has 12 heteroatoms. The summed E-state index contributed by atoms with van der Waals surface area (Å²) in [6, 6.07) is 17.3. The molecule has 1 amide bonds. The number of hydrogen-bond donors (Lipinski definition) is 1. The summed E-state index contributed by atoms with van der Waals surface area (Å²) in [6.07, 6.45) is 0.428. The molecule has 3 aromatic carbocycles. The molecule has 3 rings (SSSR count). The fraction of sp³-hybridized carbons (Fsp3) is 0.222. The molecule has 0 saturated heterocycles. The van der Waals surface area contributed by atoms with E-state index in [0.717, 1.165) is 9.87 Å². The number of carbonyl (C=O) groups is 2. The van der Waals surface area contributed by atoms with Crippen LogP contribution >= 0.6 is 0 Å². The third-order valence-electron chi connectivity index (χ3n) is 5.28. The Morgan fingerprint density at radius 3 is 2.28 bits per heavy atom. The van der Waals surface area contributed by atoms with Gasteiger partial charge in [0.25, 0.3) is 15.9 Å². The number of aryl methyl sites for hydroxylation is 1. The van der Waals surface area contributed by atoms with Crippen molar-refractivity contribution in [1.82, 2.24) is 5.43 Å². The van der Waals surface area contributed by atoms with E-state index in [1.165, 1.54) is 44.7 Å². The zero-order chi connectivity index (χ0) is 28.4. The minimum atomic E-state index is -4.08. The molecule has 0 radical (unpaired) electrons. The van der Waals surface area contributed by atoms with Gasteiger partial charge in [0.2, 0.25) is 0 Å². The fourth-order valence-corrected chi connectivity index (χ4v) is 4.77. The van der Waals surface area contributed by atoms with Crippen LogP contribution in [-0.2, 0) is 19.6 Å². The van der Waals surface area contributed by atoms with Crippen molar-refractivity contribution < 1.29 is 37.0 Å². The molecule has 0 spiro atoms. The number of amides is 1. The van der Waals surface area contributed by atoms with Crippen LogP contribution in [0.5, 0.6) is 17.2 Å². The average Bonchev–Trinajstić information content (AvgIpc) is 2.93. The third-order valence-corrected chi connectivity index (χ3v) is 7.07. The quantitative estimate of drug-likeness (QED) is 0.163. The van der Waals surface area contributed by atoms with E-state index < -0.39 is 28.6 Å². The molecule has 11 nitrogen and oxygen atoms in total. The van der Waals surface area contributed by atoms with E-state index in [1.807, 2.05) is 13.8 Å². The smallest absolute Gasteiger partial charge is 0.494 e. The van der Waals surface area contributed by atoms with Gasteiger partial charge in [-0.05, 0) is 74.0 Å². The number of nitrogens with zero attached hydrogens (tertiary/aromatic N) is 2. The molecule has 0 aliphatic rings. The predicted molar refractivity (Wildman–Crippen MR) is 145 cm³/mol. The summed E-state index contributed by atoms with van der Waals surface area (Å²) in [5.74, 6) is 0.272. The van der Waals surface area contributed by atoms with E-state index in [4.69, 9.17) is 14.2 Å². The van der Waals surface area contributed by atoms with Crippen molar-refractivity contribution in [1.29, 1.82) is 0 Å². The predicted octanol–water partition coefficient (Wildman–Crippen LogP) is 3.89. The molecule has 0 aliphatic carbocycles. The summed E-state index contributed by atoms with van der Waals surface area (Å²) >= 11 is 0. The number of benzene rings is 3. The molecule has 0 bridgehead atoms. The van der Waals surface area contributed by atoms with Gasteiger partial charge in [-0.15, -0.1) is 0 Å². The van der Waals surface area contributed by atoms with Gasteiger partial charge < -0.3 is 18.9 Å². The monoisotopic (exact) mass is 555 g/mol. The number of sulfonamides is 1. The van der Waals surface area contributed by atoms with Crippen molar-refractivity contribution in [3.8, 4) is 17.2 Å². The number of nitrogens with one attached hydrogen (secondary N) is 1. The molecule has 0 heterocycles. The van der Waals surface area contributed by atoms with Crippen LogP contribution in [0.25, 0.3) is 0 Å². The second kappa shape index (κ2) is 13.3. The Kier molecular flexibility index (Phi) is 9.87. The van der Waals surface area contributed by atoms with Gasteiger partial charge in [0.05, 0.1) is 37.6 Å². The first-order chi connectivity index (χ1) is 18.7. The number of hydrazone groups is 1. The largest absolute Gasteiger partial charge is 0.513 e. The van der Waals surface area contributed by atoms with E-state index in [9.17, 15) is 18.0 Å². The van der Waals surface area contributed by atoms with Gasteiger partial charge in [0, 0.05) is 0 Å². The molecule has 0 fully saturated rings. The number of anilines is 1. The summed E-state index contributed by atoms with van der Waals surface area (Å²) in [5.41, 5.74) is 4.04. The van der Waals surface area contributed by atoms with Gasteiger partial charge in [-0.1, -0.05) is 17.7 Å². The van der Waals surface area contributed by atoms with Crippen molar-refractivity contribution in [2.24, 2.45) is 5.10 Å². The standard InChI is InChI=1S/C27H29N3O8S/c1-5-37-22-11-9-21(10-12-22)30(39(33,34)23-13-6-19(2)7-14-23)18-26(31)29-28-17-20-8-15-24(25(16-20)35-3)38-27(32)36-4/h6-17H,5,18H2,1-4H3,(H,29,31)/b28-17-. The number of ether oxygens (including phenoxy) is 4. The Labute approximate surface area is 227 Å². The molecular weight excluding hydrogens is 526 g/mol. The highest BCUT2D eigenvalue weighted by atomic mass is 32.2. The summed E-state index contributed by atoms with van der Waals surface area (Å²) < 4.78 is 48.1. The van der Waals surface area contributed by atoms with Crippen LogP contribution in [0.15, 0.2) is 76.7 Å². The number of rotatable bonds is 11. The number of carbonyl (C=O) groups excluding carboxylic acids is 2. The Balaban J connectivity index is 1.79. The molecule has 3 aromatic rings. The topological polar surface area (TPSA) is 133 Å². The van der Waals surface area contributed by atoms with Crippen LogP contribution in [0.2, 0.25) is 0 Å². The second-order valence-corrected chi connectivity index (χ2v) is 9.87. The normalized spacial score (nSPS) is 11.1. The summed E-state index contributed by atoms with van der Waals surface area (Å²) in [4.78, 5) is 24.2. The van der Waals surface area contributed by atoms with E-state index in [2.05, 4.69) is 15.3 Å². The van der Waals surface area contributed by atoms with Crippen LogP contribution in [0.3, 0.4) is 0 Å². The summed E-state index contributed by atoms with van der Waals surface area (Å²) in [7, 11) is -1.51. The molecule has 1 N–H and O–H groups in total. The van der Waals surface area contributed by atoms with E-state index in [0.29, 0.717) is 17.9 Å². The highest BCUT2D eigenvalue weighted by Crippen LogP contribution is 2.28. The highest BCUT2D eigenvalue weighted by molar-refractivity contribution is 7.92. The molecular formula is C27H29N3O8S. The highest BCUT2D eigenvalue weighted by Gasteiger charge is 2.27. The summed E-state index contributed by atoms with van der Waals surface area (Å²) in [5, 5.41) is 3.92. The minimum absolute atomic E-state index is 0.0413. The van der Waals surface area contributed by atoms with Gasteiger partial charge >= 0.3 is 6.16 Å². The Hall–Kier alpha value is -4.58. The zero-order valence-electron chi connectivity index (χ0n) is 21.9. The lowest BCUT2D eigenvalue weighted by Gasteiger charge is -2.24. The van der Waals surface area contributed by atoms with Gasteiger partial charge in [-0.25, -0.2) is 18.6 Å². The zero-order valence-corrected chi connectivity index (χ0v) is 22.7. The van der Waals surface area contributed by atoms with E-state index in [-0.39, 0.29) is 22.1 Å². The molecule has 0 atom stereocenters. The fourth-order valence-electron chi connectivity index (χ4n) is 3.35. The van der Waals surface area contributed by atoms with Crippen LogP contribution in [0, 0.1) is 6.92 Å². The van der Waals surface area contributed by atoms with Gasteiger partial charge in [0.1, 0.15) is 12.3 Å². The van der Waals surface area contributed by atoms with Crippen LogP contribution in [0.4, 0.5) is 10.5 Å². The van der Waals surface area contributed by atoms with Crippen LogP contribution in [-0.4, -0.2) is 54.1 Å². The Morgan fingerprint density at radius 2 is 1.67 bits per heavy atom. The van der Waals surface area contributed by atoms with Crippen molar-refractivity contribution in [3.63, 3.8) is 0 Å². The van der Waals surface area contributed by atoms with Gasteiger partial charge in [-0.3, -0.25) is 9.10 Å². The molecule has 206 valence electrons.